The molecule has 6 nitrogen and oxygen atoms in total. The van der Waals surface area contributed by atoms with E-state index in [1.165, 1.54) is 12.7 Å². The Bertz CT molecular complexity index is 408. The zero-order chi connectivity index (χ0) is 13.0. The van der Waals surface area contributed by atoms with E-state index >= 15 is 0 Å². The number of nitrogens with two attached hydrogens (primary N) is 1. The van der Waals surface area contributed by atoms with Crippen LogP contribution in [-0.2, 0) is 0 Å². The Kier molecular flexibility index (Phi) is 4.36. The Morgan fingerprint density at radius 1 is 1.28 bits per heavy atom. The van der Waals surface area contributed by atoms with Crippen LogP contribution < -0.4 is 16.6 Å². The number of aliphatic hydroxyl groups is 1. The fourth-order valence-corrected chi connectivity index (χ4v) is 2.78. The number of nitrogen functional groups attached to an aromatic ring is 1. The molecule has 0 atom stereocenters. The van der Waals surface area contributed by atoms with Crippen LogP contribution in [0.2, 0.25) is 0 Å². The minimum atomic E-state index is -0.277. The average Bonchev–Trinajstić information content (AvgIpc) is 2.42. The van der Waals surface area contributed by atoms with Gasteiger partial charge >= 0.3 is 0 Å². The van der Waals surface area contributed by atoms with Crippen LogP contribution in [0.4, 0.5) is 11.6 Å². The smallest absolute Gasteiger partial charge is 0.159 e. The maximum absolute atomic E-state index is 9.66. The number of hydrazine groups is 1. The van der Waals surface area contributed by atoms with Crippen LogP contribution in [-0.4, -0.2) is 27.2 Å². The van der Waals surface area contributed by atoms with Crippen molar-refractivity contribution in [3.05, 3.63) is 10.8 Å². The highest BCUT2D eigenvalue weighted by atomic mass is 79.9. The van der Waals surface area contributed by atoms with E-state index in [0.717, 1.165) is 25.7 Å². The van der Waals surface area contributed by atoms with E-state index in [4.69, 9.17) is 5.84 Å². The van der Waals surface area contributed by atoms with Crippen LogP contribution in [0.25, 0.3) is 0 Å². The number of halogens is 1. The second-order valence-electron chi connectivity index (χ2n) is 4.65. The summed E-state index contributed by atoms with van der Waals surface area (Å²) in [7, 11) is 0. The molecule has 0 aromatic carbocycles. The molecule has 1 aliphatic carbocycles. The minimum absolute atomic E-state index is 0.106. The molecule has 0 unspecified atom stereocenters. The first kappa shape index (κ1) is 13.5. The van der Waals surface area contributed by atoms with Crippen LogP contribution in [0.3, 0.4) is 0 Å². The normalized spacial score (nSPS) is 18.4. The molecule has 0 spiro atoms. The third-order valence-electron chi connectivity index (χ3n) is 3.42. The average molecular weight is 316 g/mol. The summed E-state index contributed by atoms with van der Waals surface area (Å²) in [6.07, 6.45) is 6.81. The van der Waals surface area contributed by atoms with Crippen LogP contribution in [0.15, 0.2) is 10.8 Å². The SMILES string of the molecule is NNc1ncnc(NC2(CO)CCCCC2)c1Br. The summed E-state index contributed by atoms with van der Waals surface area (Å²) in [5.41, 5.74) is 2.23. The summed E-state index contributed by atoms with van der Waals surface area (Å²) < 4.78 is 0.686. The lowest BCUT2D eigenvalue weighted by atomic mass is 9.82. The van der Waals surface area contributed by atoms with Crippen molar-refractivity contribution in [1.29, 1.82) is 0 Å². The van der Waals surface area contributed by atoms with Gasteiger partial charge in [-0.15, -0.1) is 0 Å². The van der Waals surface area contributed by atoms with Crippen LogP contribution >= 0.6 is 15.9 Å². The topological polar surface area (TPSA) is 96.1 Å². The maximum atomic E-state index is 9.66. The van der Waals surface area contributed by atoms with E-state index in [0.29, 0.717) is 16.1 Å². The Balaban J connectivity index is 2.21. The molecule has 100 valence electrons. The van der Waals surface area contributed by atoms with E-state index in [1.807, 2.05) is 0 Å². The van der Waals surface area contributed by atoms with E-state index in [-0.39, 0.29) is 12.1 Å². The molecule has 7 heteroatoms. The third-order valence-corrected chi connectivity index (χ3v) is 4.17. The van der Waals surface area contributed by atoms with E-state index < -0.39 is 0 Å². The second kappa shape index (κ2) is 5.81. The lowest BCUT2D eigenvalue weighted by Gasteiger charge is -2.37. The molecule has 1 heterocycles. The largest absolute Gasteiger partial charge is 0.394 e. The van der Waals surface area contributed by atoms with Gasteiger partial charge in [0.25, 0.3) is 0 Å². The predicted molar refractivity (Wildman–Crippen MR) is 74.1 cm³/mol. The molecule has 0 aliphatic heterocycles. The van der Waals surface area contributed by atoms with Gasteiger partial charge in [0.15, 0.2) is 5.82 Å². The third kappa shape index (κ3) is 2.73. The number of rotatable bonds is 4. The highest BCUT2D eigenvalue weighted by molar-refractivity contribution is 9.10. The second-order valence-corrected chi connectivity index (χ2v) is 5.45. The van der Waals surface area contributed by atoms with Gasteiger partial charge in [-0.05, 0) is 28.8 Å². The standard InChI is InChI=1S/C11H18BrN5O/c12-8-9(14-7-15-10(8)17-13)16-11(6-18)4-2-1-3-5-11/h7,18H,1-6,13H2,(H2,14,15,16,17). The van der Waals surface area contributed by atoms with Gasteiger partial charge in [-0.25, -0.2) is 15.8 Å². The van der Waals surface area contributed by atoms with Crippen molar-refractivity contribution < 1.29 is 5.11 Å². The molecule has 0 radical (unpaired) electrons. The Labute approximate surface area is 114 Å². The first-order valence-corrected chi connectivity index (χ1v) is 6.86. The number of nitrogens with zero attached hydrogens (tertiary/aromatic N) is 2. The van der Waals surface area contributed by atoms with E-state index in [2.05, 4.69) is 36.6 Å². The fourth-order valence-electron chi connectivity index (χ4n) is 2.36. The Morgan fingerprint density at radius 3 is 2.56 bits per heavy atom. The van der Waals surface area contributed by atoms with Gasteiger partial charge in [-0.2, -0.15) is 0 Å². The van der Waals surface area contributed by atoms with Gasteiger partial charge in [0.05, 0.1) is 12.1 Å². The van der Waals surface area contributed by atoms with Crippen molar-refractivity contribution >= 4 is 27.6 Å². The number of anilines is 2. The fraction of sp³-hybridized carbons (Fsp3) is 0.636. The molecule has 5 N–H and O–H groups in total. The first-order chi connectivity index (χ1) is 8.71. The molecular formula is C11H18BrN5O. The van der Waals surface area contributed by atoms with Crippen molar-refractivity contribution in [1.82, 2.24) is 9.97 Å². The summed E-state index contributed by atoms with van der Waals surface area (Å²) >= 11 is 3.41. The summed E-state index contributed by atoms with van der Waals surface area (Å²) in [6, 6.07) is 0. The summed E-state index contributed by atoms with van der Waals surface area (Å²) in [4.78, 5) is 8.20. The summed E-state index contributed by atoms with van der Waals surface area (Å²) in [6.45, 7) is 0.106. The molecule has 18 heavy (non-hydrogen) atoms. The minimum Gasteiger partial charge on any atom is -0.394 e. The number of aromatic nitrogens is 2. The van der Waals surface area contributed by atoms with Crippen molar-refractivity contribution in [2.24, 2.45) is 5.84 Å². The van der Waals surface area contributed by atoms with Crippen molar-refractivity contribution in [2.75, 3.05) is 17.3 Å². The number of aliphatic hydroxyl groups excluding tert-OH is 1. The molecule has 1 fully saturated rings. The molecule has 0 saturated heterocycles. The molecule has 1 aromatic heterocycles. The van der Waals surface area contributed by atoms with Crippen molar-refractivity contribution in [3.63, 3.8) is 0 Å². The molecule has 0 amide bonds. The van der Waals surface area contributed by atoms with Crippen LogP contribution in [0, 0.1) is 0 Å². The predicted octanol–water partition coefficient (Wildman–Crippen LogP) is 1.63. The molecule has 1 aromatic rings. The molecule has 1 saturated carbocycles. The van der Waals surface area contributed by atoms with Crippen molar-refractivity contribution in [3.8, 4) is 0 Å². The van der Waals surface area contributed by atoms with Crippen LogP contribution in [0.1, 0.15) is 32.1 Å². The lowest BCUT2D eigenvalue weighted by Crippen LogP contribution is -2.44. The van der Waals surface area contributed by atoms with Gasteiger partial charge in [0.1, 0.15) is 16.6 Å². The zero-order valence-electron chi connectivity index (χ0n) is 10.1. The summed E-state index contributed by atoms with van der Waals surface area (Å²) in [5.74, 6) is 6.56. The zero-order valence-corrected chi connectivity index (χ0v) is 11.7. The van der Waals surface area contributed by atoms with Gasteiger partial charge in [-0.3, -0.25) is 0 Å². The maximum Gasteiger partial charge on any atom is 0.159 e. The molecule has 2 rings (SSSR count). The van der Waals surface area contributed by atoms with Gasteiger partial charge < -0.3 is 15.8 Å². The number of nitrogens with one attached hydrogen (secondary N) is 2. The Hall–Kier alpha value is -0.920. The highest BCUT2D eigenvalue weighted by Crippen LogP contribution is 2.34. The quantitative estimate of drug-likeness (QED) is 0.498. The van der Waals surface area contributed by atoms with E-state index in [9.17, 15) is 5.11 Å². The summed E-state index contributed by atoms with van der Waals surface area (Å²) in [5, 5.41) is 13.0. The highest BCUT2D eigenvalue weighted by Gasteiger charge is 2.32. The monoisotopic (exact) mass is 315 g/mol. The molecule has 0 bridgehead atoms. The van der Waals surface area contributed by atoms with E-state index in [1.54, 1.807) is 0 Å². The lowest BCUT2D eigenvalue weighted by molar-refractivity contribution is 0.172. The molecular weight excluding hydrogens is 298 g/mol. The van der Waals surface area contributed by atoms with Gasteiger partial charge in [0, 0.05) is 0 Å². The Morgan fingerprint density at radius 2 is 1.94 bits per heavy atom. The number of hydrogen-bond acceptors (Lipinski definition) is 6. The van der Waals surface area contributed by atoms with Gasteiger partial charge in [0.2, 0.25) is 0 Å². The van der Waals surface area contributed by atoms with Crippen LogP contribution in [0.5, 0.6) is 0 Å². The first-order valence-electron chi connectivity index (χ1n) is 6.07. The van der Waals surface area contributed by atoms with Crippen molar-refractivity contribution in [2.45, 2.75) is 37.6 Å². The van der Waals surface area contributed by atoms with Gasteiger partial charge in [-0.1, -0.05) is 19.3 Å². The molecule has 1 aliphatic rings. The number of hydrogen-bond donors (Lipinski definition) is 4.